The molecule has 1 saturated carbocycles. The molecule has 1 aliphatic rings. The molecule has 0 spiro atoms. The van der Waals surface area contributed by atoms with Crippen molar-refractivity contribution in [1.82, 2.24) is 0 Å². The summed E-state index contributed by atoms with van der Waals surface area (Å²) in [6.07, 6.45) is 4.18. The number of hydrogen-bond acceptors (Lipinski definition) is 4. The van der Waals surface area contributed by atoms with Crippen molar-refractivity contribution in [2.45, 2.75) is 169 Å². The number of carbonyl (C=O) groups excluding carboxylic acids is 1. The molecular formula is C48H80O4Si3. The molecule has 2 aromatic carbocycles. The van der Waals surface area contributed by atoms with Gasteiger partial charge >= 0.3 is 0 Å². The molecule has 4 atom stereocenters. The van der Waals surface area contributed by atoms with Crippen LogP contribution in [0.1, 0.15) is 123 Å². The third-order valence-electron chi connectivity index (χ3n) is 13.9. The van der Waals surface area contributed by atoms with Gasteiger partial charge in [0.25, 0.3) is 8.32 Å². The Morgan fingerprint density at radius 1 is 0.836 bits per heavy atom. The van der Waals surface area contributed by atoms with Crippen molar-refractivity contribution in [2.75, 3.05) is 13.2 Å². The molecule has 3 rings (SSSR count). The average molecular weight is 805 g/mol. The molecule has 0 aromatic heterocycles. The van der Waals surface area contributed by atoms with Gasteiger partial charge in [0.05, 0.1) is 12.0 Å². The maximum absolute atomic E-state index is 14.8. The van der Waals surface area contributed by atoms with E-state index in [-0.39, 0.29) is 33.3 Å². The maximum atomic E-state index is 14.8. The Hall–Kier alpha value is -1.88. The maximum Gasteiger partial charge on any atom is 0.261 e. The van der Waals surface area contributed by atoms with E-state index in [4.69, 9.17) is 19.9 Å². The monoisotopic (exact) mass is 805 g/mol. The van der Waals surface area contributed by atoms with Gasteiger partial charge < -0.3 is 13.3 Å². The van der Waals surface area contributed by atoms with Crippen LogP contribution in [-0.2, 0) is 18.1 Å². The summed E-state index contributed by atoms with van der Waals surface area (Å²) in [7, 11) is -6.94. The predicted octanol–water partition coefficient (Wildman–Crippen LogP) is 12.7. The molecule has 4 nitrogen and oxygen atoms in total. The van der Waals surface area contributed by atoms with Gasteiger partial charge in [0.2, 0.25) is 8.32 Å². The minimum absolute atomic E-state index is 0.0779. The summed E-state index contributed by atoms with van der Waals surface area (Å²) in [6, 6.07) is 21.7. The van der Waals surface area contributed by atoms with Crippen molar-refractivity contribution in [3.05, 3.63) is 84.5 Å². The highest BCUT2D eigenvalue weighted by molar-refractivity contribution is 6.99. The summed E-state index contributed by atoms with van der Waals surface area (Å²) in [5.74, 6) is -0.0126. The first-order chi connectivity index (χ1) is 25.3. The van der Waals surface area contributed by atoms with E-state index in [0.717, 1.165) is 30.4 Å². The Morgan fingerprint density at radius 3 is 1.73 bits per heavy atom. The lowest BCUT2D eigenvalue weighted by molar-refractivity contribution is -0.123. The number of hydrogen-bond donors (Lipinski definition) is 0. The second-order valence-corrected chi connectivity index (χ2v) is 35.1. The van der Waals surface area contributed by atoms with Crippen LogP contribution in [0.25, 0.3) is 0 Å². The quantitative estimate of drug-likeness (QED) is 0.0691. The molecular weight excluding hydrogens is 725 g/mol. The van der Waals surface area contributed by atoms with Crippen LogP contribution in [0.4, 0.5) is 0 Å². The van der Waals surface area contributed by atoms with Gasteiger partial charge in [-0.05, 0) is 88.3 Å². The van der Waals surface area contributed by atoms with Gasteiger partial charge in [-0.15, -0.1) is 0 Å². The molecule has 0 bridgehead atoms. The van der Waals surface area contributed by atoms with E-state index in [1.165, 1.54) is 10.4 Å². The predicted molar refractivity (Wildman–Crippen MR) is 245 cm³/mol. The minimum Gasteiger partial charge on any atom is -0.416 e. The van der Waals surface area contributed by atoms with E-state index in [1.54, 1.807) is 0 Å². The highest BCUT2D eigenvalue weighted by Crippen LogP contribution is 2.53. The summed E-state index contributed by atoms with van der Waals surface area (Å²) in [4.78, 5) is 14.8. The zero-order chi connectivity index (χ0) is 41.8. The molecule has 0 radical (unpaired) electrons. The van der Waals surface area contributed by atoms with E-state index in [9.17, 15) is 4.79 Å². The average Bonchev–Trinajstić information content (AvgIpc) is 3.08. The molecule has 1 fully saturated rings. The fraction of sp³-hybridized carbons (Fsp3) is 0.646. The highest BCUT2D eigenvalue weighted by atomic mass is 28.4. The molecule has 0 saturated heterocycles. The summed E-state index contributed by atoms with van der Waals surface area (Å²) in [5.41, 5.74) is 3.01. The van der Waals surface area contributed by atoms with Crippen LogP contribution < -0.4 is 10.4 Å². The highest BCUT2D eigenvalue weighted by Gasteiger charge is 2.55. The van der Waals surface area contributed by atoms with Crippen LogP contribution in [0.15, 0.2) is 84.5 Å². The first-order valence-electron chi connectivity index (χ1n) is 21.3. The summed E-state index contributed by atoms with van der Waals surface area (Å²) >= 11 is 0. The lowest BCUT2D eigenvalue weighted by Gasteiger charge is -2.53. The Balaban J connectivity index is 1.95. The normalized spacial score (nSPS) is 22.2. The van der Waals surface area contributed by atoms with Crippen molar-refractivity contribution in [3.63, 3.8) is 0 Å². The first-order valence-corrected chi connectivity index (χ1v) is 28.2. The van der Waals surface area contributed by atoms with E-state index in [1.807, 2.05) is 6.08 Å². The fourth-order valence-corrected chi connectivity index (χ4v) is 20.6. The second-order valence-electron chi connectivity index (χ2n) is 20.6. The van der Waals surface area contributed by atoms with E-state index >= 15 is 0 Å². The number of carbonyl (C=O) groups is 1. The molecule has 0 N–H and O–H groups in total. The molecule has 1 aliphatic carbocycles. The van der Waals surface area contributed by atoms with Gasteiger partial charge in [-0.25, -0.2) is 0 Å². The number of benzene rings is 2. The molecule has 0 aliphatic heterocycles. The van der Waals surface area contributed by atoms with E-state index in [0.29, 0.717) is 29.8 Å². The standard InChI is InChI=1S/C48H80O4Si3/c1-35(2)54(36(3)4,37(5)6)52-44-33-39(8)48(16,34-51-53(17,18)46(10,11)12)40(9)45(44)43(49)32-38(7)26-25-31-50-55(47(13,14)15,41-27-21-19-22-28-41)42-29-23-20-24-30-42/h19-24,27-30,32,35-37,39,44-45H,9,25-26,31,33-34H2,1-8,10-18H3/b38-32+/t39-,44+,45-,48+/m0/s1. The molecule has 308 valence electrons. The smallest absolute Gasteiger partial charge is 0.261 e. The lowest BCUT2D eigenvalue weighted by atomic mass is 9.60. The zero-order valence-corrected chi connectivity index (χ0v) is 41.2. The topological polar surface area (TPSA) is 44.8 Å². The molecule has 0 unspecified atom stereocenters. The van der Waals surface area contributed by atoms with E-state index < -0.39 is 30.9 Å². The Labute approximate surface area is 341 Å². The largest absolute Gasteiger partial charge is 0.416 e. The molecule has 7 heteroatoms. The number of rotatable bonds is 17. The van der Waals surface area contributed by atoms with Crippen molar-refractivity contribution in [2.24, 2.45) is 17.3 Å². The summed E-state index contributed by atoms with van der Waals surface area (Å²) < 4.78 is 21.7. The Morgan fingerprint density at radius 2 is 1.31 bits per heavy atom. The lowest BCUT2D eigenvalue weighted by Crippen LogP contribution is -2.66. The van der Waals surface area contributed by atoms with Crippen LogP contribution in [0.2, 0.25) is 39.8 Å². The molecule has 0 amide bonds. The van der Waals surface area contributed by atoms with Crippen LogP contribution in [0.5, 0.6) is 0 Å². The van der Waals surface area contributed by atoms with Crippen LogP contribution in [0, 0.1) is 17.3 Å². The van der Waals surface area contributed by atoms with Crippen LogP contribution in [-0.4, -0.2) is 50.1 Å². The minimum atomic E-state index is -2.63. The van der Waals surface area contributed by atoms with Gasteiger partial charge in [-0.1, -0.05) is 175 Å². The summed E-state index contributed by atoms with van der Waals surface area (Å²) in [5, 5.41) is 2.60. The number of allylic oxidation sites excluding steroid dienone is 2. The third kappa shape index (κ3) is 10.1. The second kappa shape index (κ2) is 18.4. The SMILES string of the molecule is C=C1[C@@H](C(=O)/C=C(\C)CCCO[Si](c2ccccc2)(c2ccccc2)C(C)(C)C)[C@H](O[Si](C(C)C)(C(C)C)C(C)C)C[C@H](C)[C@@]1(C)CO[Si](C)(C)C(C)(C)C. The van der Waals surface area contributed by atoms with Gasteiger partial charge in [0, 0.05) is 18.6 Å². The molecule has 2 aromatic rings. The van der Waals surface area contributed by atoms with Gasteiger partial charge in [0.1, 0.15) is 0 Å². The Bertz CT molecular complexity index is 1520. The van der Waals surface area contributed by atoms with Gasteiger partial charge in [0.15, 0.2) is 14.1 Å². The number of ketones is 1. The van der Waals surface area contributed by atoms with Crippen molar-refractivity contribution in [3.8, 4) is 0 Å². The first kappa shape index (κ1) is 47.5. The Kier molecular flexibility index (Phi) is 15.9. The van der Waals surface area contributed by atoms with Crippen LogP contribution >= 0.6 is 0 Å². The summed E-state index contributed by atoms with van der Waals surface area (Å²) in [6.45, 7) is 45.2. The molecule has 55 heavy (non-hydrogen) atoms. The van der Waals surface area contributed by atoms with Crippen molar-refractivity contribution < 1.29 is 18.1 Å². The fourth-order valence-electron chi connectivity index (χ4n) is 9.31. The van der Waals surface area contributed by atoms with Crippen molar-refractivity contribution in [1.29, 1.82) is 0 Å². The molecule has 0 heterocycles. The van der Waals surface area contributed by atoms with Gasteiger partial charge in [-0.2, -0.15) is 0 Å². The van der Waals surface area contributed by atoms with Crippen molar-refractivity contribution >= 4 is 41.1 Å². The van der Waals surface area contributed by atoms with Crippen LogP contribution in [0.3, 0.4) is 0 Å². The zero-order valence-electron chi connectivity index (χ0n) is 38.2. The van der Waals surface area contributed by atoms with E-state index in [2.05, 4.69) is 178 Å². The van der Waals surface area contributed by atoms with Gasteiger partial charge in [-0.3, -0.25) is 4.79 Å². The third-order valence-corrected chi connectivity index (χ3v) is 29.5.